The van der Waals surface area contributed by atoms with Crippen molar-refractivity contribution in [1.29, 1.82) is 0 Å². The normalized spacial score (nSPS) is 11.6. The highest BCUT2D eigenvalue weighted by Crippen LogP contribution is 2.36. The molecule has 0 atom stereocenters. The number of aromatic nitrogens is 1. The van der Waals surface area contributed by atoms with Crippen molar-refractivity contribution in [3.05, 3.63) is 34.5 Å². The molecule has 1 amide bonds. The lowest BCUT2D eigenvalue weighted by Crippen LogP contribution is -2.18. The number of carbonyl (C=O) groups excluding carboxylic acids is 1. The second kappa shape index (κ2) is 8.56. The Bertz CT molecular complexity index is 777. The molecule has 10 heteroatoms. The smallest absolute Gasteiger partial charge is 0.383 e. The highest BCUT2D eigenvalue weighted by Gasteiger charge is 2.32. The zero-order valence-electron chi connectivity index (χ0n) is 14.0. The molecular weight excluding hydrogens is 374 g/mol. The molecule has 0 fully saturated rings. The van der Waals surface area contributed by atoms with Crippen LogP contribution in [-0.2, 0) is 22.3 Å². The number of ether oxygens (including phenoxy) is 1. The minimum Gasteiger partial charge on any atom is -0.383 e. The monoisotopic (exact) mass is 391 g/mol. The molecule has 1 aromatic carbocycles. The van der Waals surface area contributed by atoms with E-state index in [1.54, 1.807) is 7.11 Å². The molecule has 1 heterocycles. The van der Waals surface area contributed by atoms with Crippen molar-refractivity contribution in [3.63, 3.8) is 0 Å². The molecule has 142 valence electrons. The number of alkyl halides is 3. The molecule has 0 saturated carbocycles. The Hall–Kier alpha value is -2.04. The number of benzene rings is 1. The van der Waals surface area contributed by atoms with Gasteiger partial charge in [0.2, 0.25) is 5.91 Å². The van der Waals surface area contributed by atoms with E-state index in [4.69, 9.17) is 4.74 Å². The molecule has 0 saturated heterocycles. The van der Waals surface area contributed by atoms with E-state index < -0.39 is 17.6 Å². The average Bonchev–Trinajstić information content (AvgIpc) is 2.92. The number of nitrogens with one attached hydrogen (secondary N) is 2. The molecule has 0 spiro atoms. The fourth-order valence-electron chi connectivity index (χ4n) is 2.17. The van der Waals surface area contributed by atoms with Crippen LogP contribution >= 0.6 is 11.3 Å². The number of halogens is 4. The molecule has 2 aromatic rings. The number of nitrogens with zero attached hydrogens (tertiary/aromatic N) is 1. The summed E-state index contributed by atoms with van der Waals surface area (Å²) < 4.78 is 57.5. The third-order valence-electron chi connectivity index (χ3n) is 3.25. The van der Waals surface area contributed by atoms with Crippen molar-refractivity contribution in [2.75, 3.05) is 25.6 Å². The summed E-state index contributed by atoms with van der Waals surface area (Å²) >= 11 is 1.11. The first kappa shape index (κ1) is 20.3. The van der Waals surface area contributed by atoms with E-state index in [9.17, 15) is 22.4 Å². The molecule has 0 aliphatic heterocycles. The molecule has 5 nitrogen and oxygen atoms in total. The van der Waals surface area contributed by atoms with Crippen LogP contribution < -0.4 is 10.6 Å². The van der Waals surface area contributed by atoms with Crippen molar-refractivity contribution >= 4 is 22.4 Å². The van der Waals surface area contributed by atoms with E-state index in [0.29, 0.717) is 24.1 Å². The molecule has 26 heavy (non-hydrogen) atoms. The van der Waals surface area contributed by atoms with Gasteiger partial charge in [0, 0.05) is 37.6 Å². The molecular formula is C16H17F4N3O2S. The van der Waals surface area contributed by atoms with Gasteiger partial charge in [0.25, 0.3) is 0 Å². The Morgan fingerprint density at radius 1 is 1.31 bits per heavy atom. The van der Waals surface area contributed by atoms with Gasteiger partial charge in [0.05, 0.1) is 17.9 Å². The molecule has 1 aromatic heterocycles. The van der Waals surface area contributed by atoms with Crippen molar-refractivity contribution in [2.45, 2.75) is 19.6 Å². The maximum absolute atomic E-state index is 13.7. The Labute approximate surface area is 151 Å². The summed E-state index contributed by atoms with van der Waals surface area (Å²) in [5.74, 6) is -1.37. The highest BCUT2D eigenvalue weighted by molar-refractivity contribution is 7.16. The number of anilines is 1. The first-order chi connectivity index (χ1) is 12.2. The fraction of sp³-hybridized carbons (Fsp3) is 0.375. The van der Waals surface area contributed by atoms with E-state index in [2.05, 4.69) is 15.6 Å². The molecule has 0 radical (unpaired) electrons. The van der Waals surface area contributed by atoms with E-state index in [1.807, 2.05) is 0 Å². The summed E-state index contributed by atoms with van der Waals surface area (Å²) in [6.07, 6.45) is -4.68. The lowest BCUT2D eigenvalue weighted by atomic mass is 10.1. The third-order valence-corrected chi connectivity index (χ3v) is 4.22. The quantitative estimate of drug-likeness (QED) is 0.559. The summed E-state index contributed by atoms with van der Waals surface area (Å²) in [5, 5.41) is 5.78. The first-order valence-electron chi connectivity index (χ1n) is 7.56. The van der Waals surface area contributed by atoms with Crippen LogP contribution in [-0.4, -0.2) is 31.2 Å². The molecule has 0 aliphatic rings. The standard InChI is InChI=1S/C16H17F4N3O2S/c1-9(24)22-15-23-14(13(26-15)8-21-3-4-25-2)10-5-11(16(18,19)20)7-12(17)6-10/h5-7,21H,3-4,8H2,1-2H3,(H,22,23,24). The van der Waals surface area contributed by atoms with Crippen LogP contribution in [0.4, 0.5) is 22.7 Å². The van der Waals surface area contributed by atoms with Gasteiger partial charge < -0.3 is 15.4 Å². The summed E-state index contributed by atoms with van der Waals surface area (Å²) in [6, 6.07) is 2.26. The zero-order chi connectivity index (χ0) is 19.3. The van der Waals surface area contributed by atoms with Crippen LogP contribution in [0.1, 0.15) is 17.4 Å². The highest BCUT2D eigenvalue weighted by atomic mass is 32.1. The Kier molecular flexibility index (Phi) is 6.68. The van der Waals surface area contributed by atoms with Crippen LogP contribution in [0, 0.1) is 5.82 Å². The second-order valence-corrected chi connectivity index (χ2v) is 6.45. The van der Waals surface area contributed by atoms with Gasteiger partial charge in [-0.2, -0.15) is 13.2 Å². The fourth-order valence-corrected chi connectivity index (χ4v) is 3.17. The molecule has 0 bridgehead atoms. The number of rotatable bonds is 7. The van der Waals surface area contributed by atoms with Crippen molar-refractivity contribution < 1.29 is 27.1 Å². The molecule has 2 N–H and O–H groups in total. The van der Waals surface area contributed by atoms with Gasteiger partial charge >= 0.3 is 6.18 Å². The lowest BCUT2D eigenvalue weighted by Gasteiger charge is -2.10. The van der Waals surface area contributed by atoms with E-state index in [-0.39, 0.29) is 28.8 Å². The Balaban J connectivity index is 2.41. The topological polar surface area (TPSA) is 63.2 Å². The summed E-state index contributed by atoms with van der Waals surface area (Å²) in [4.78, 5) is 16.0. The predicted octanol–water partition coefficient (Wildman–Crippen LogP) is 3.66. The lowest BCUT2D eigenvalue weighted by molar-refractivity contribution is -0.137. The maximum atomic E-state index is 13.7. The molecule has 0 unspecified atom stereocenters. The predicted molar refractivity (Wildman–Crippen MR) is 90.4 cm³/mol. The zero-order valence-corrected chi connectivity index (χ0v) is 14.9. The number of carbonyl (C=O) groups is 1. The Morgan fingerprint density at radius 3 is 2.65 bits per heavy atom. The van der Waals surface area contributed by atoms with Gasteiger partial charge in [0.1, 0.15) is 5.82 Å². The summed E-state index contributed by atoms with van der Waals surface area (Å²) in [5.41, 5.74) is -0.915. The van der Waals surface area contributed by atoms with Gasteiger partial charge in [0.15, 0.2) is 5.13 Å². The maximum Gasteiger partial charge on any atom is 0.416 e. The number of hydrogen-bond donors (Lipinski definition) is 2. The van der Waals surface area contributed by atoms with Gasteiger partial charge in [-0.3, -0.25) is 4.79 Å². The molecule has 2 rings (SSSR count). The summed E-state index contributed by atoms with van der Waals surface area (Å²) in [6.45, 7) is 2.54. The minimum atomic E-state index is -4.68. The van der Waals surface area contributed by atoms with E-state index in [0.717, 1.165) is 23.5 Å². The van der Waals surface area contributed by atoms with Crippen LogP contribution in [0.25, 0.3) is 11.3 Å². The molecule has 0 aliphatic carbocycles. The SMILES string of the molecule is COCCNCc1sc(NC(C)=O)nc1-c1cc(F)cc(C(F)(F)F)c1. The van der Waals surface area contributed by atoms with E-state index >= 15 is 0 Å². The number of methoxy groups -OCH3 is 1. The minimum absolute atomic E-state index is 0.00582. The van der Waals surface area contributed by atoms with Gasteiger partial charge in [-0.25, -0.2) is 9.37 Å². The van der Waals surface area contributed by atoms with Crippen LogP contribution in [0.15, 0.2) is 18.2 Å². The van der Waals surface area contributed by atoms with Crippen molar-refractivity contribution in [2.24, 2.45) is 0 Å². The number of hydrogen-bond acceptors (Lipinski definition) is 5. The number of thiazole rings is 1. The van der Waals surface area contributed by atoms with Crippen molar-refractivity contribution in [1.82, 2.24) is 10.3 Å². The Morgan fingerprint density at radius 2 is 2.04 bits per heavy atom. The van der Waals surface area contributed by atoms with Crippen LogP contribution in [0.5, 0.6) is 0 Å². The average molecular weight is 391 g/mol. The number of amides is 1. The van der Waals surface area contributed by atoms with Crippen molar-refractivity contribution in [3.8, 4) is 11.3 Å². The van der Waals surface area contributed by atoms with E-state index in [1.165, 1.54) is 6.92 Å². The van der Waals surface area contributed by atoms with Gasteiger partial charge in [-0.15, -0.1) is 0 Å². The van der Waals surface area contributed by atoms with Gasteiger partial charge in [-0.05, 0) is 18.2 Å². The third kappa shape index (κ3) is 5.48. The second-order valence-electron chi connectivity index (χ2n) is 5.37. The van der Waals surface area contributed by atoms with Crippen LogP contribution in [0.3, 0.4) is 0 Å². The summed E-state index contributed by atoms with van der Waals surface area (Å²) in [7, 11) is 1.54. The van der Waals surface area contributed by atoms with Gasteiger partial charge in [-0.1, -0.05) is 11.3 Å². The van der Waals surface area contributed by atoms with Crippen LogP contribution in [0.2, 0.25) is 0 Å². The first-order valence-corrected chi connectivity index (χ1v) is 8.37. The largest absolute Gasteiger partial charge is 0.416 e.